The van der Waals surface area contributed by atoms with Gasteiger partial charge >= 0.3 is 0 Å². The van der Waals surface area contributed by atoms with Crippen LogP contribution in [0, 0.1) is 5.92 Å². The Morgan fingerprint density at radius 3 is 2.72 bits per heavy atom. The summed E-state index contributed by atoms with van der Waals surface area (Å²) in [5.74, 6) is -0.195. The normalized spacial score (nSPS) is 23.0. The predicted octanol–water partition coefficient (Wildman–Crippen LogP) is 3.46. The van der Waals surface area contributed by atoms with E-state index in [1.54, 1.807) is 23.1 Å². The van der Waals surface area contributed by atoms with Gasteiger partial charge in [-0.05, 0) is 49.6 Å². The number of benzene rings is 2. The third-order valence-electron chi connectivity index (χ3n) is 6.64. The fourth-order valence-corrected chi connectivity index (χ4v) is 4.91. The van der Waals surface area contributed by atoms with Crippen molar-refractivity contribution in [1.29, 1.82) is 0 Å². The first kappa shape index (κ1) is 20.5. The zero-order valence-corrected chi connectivity index (χ0v) is 18.0. The van der Waals surface area contributed by atoms with Crippen LogP contribution in [0.2, 0.25) is 0 Å². The van der Waals surface area contributed by atoms with Crippen LogP contribution in [-0.2, 0) is 9.59 Å². The Balaban J connectivity index is 1.32. The Morgan fingerprint density at radius 2 is 1.88 bits per heavy atom. The first-order chi connectivity index (χ1) is 15.6. The molecule has 0 saturated carbocycles. The molecular formula is C25H27N3O4. The second-order valence-electron chi connectivity index (χ2n) is 8.73. The van der Waals surface area contributed by atoms with Crippen molar-refractivity contribution in [1.82, 2.24) is 4.90 Å². The van der Waals surface area contributed by atoms with E-state index >= 15 is 0 Å². The summed E-state index contributed by atoms with van der Waals surface area (Å²) in [6.07, 6.45) is 4.18. The molecular weight excluding hydrogens is 406 g/mol. The van der Waals surface area contributed by atoms with Crippen LogP contribution >= 0.6 is 0 Å². The number of nitrogens with zero attached hydrogens (tertiary/aromatic N) is 2. The average molecular weight is 434 g/mol. The summed E-state index contributed by atoms with van der Waals surface area (Å²) in [7, 11) is 0. The van der Waals surface area contributed by atoms with Gasteiger partial charge in [-0.3, -0.25) is 14.4 Å². The maximum atomic E-state index is 13.2. The summed E-state index contributed by atoms with van der Waals surface area (Å²) in [5, 5.41) is 2.91. The molecule has 0 radical (unpaired) electrons. The SMILES string of the molecule is O=C(Nc1ccc2c(c1)C(=O)N1CCCC[C@H]1CCO2)[C@H]1CC(=O)N(c2ccccc2)C1. The van der Waals surface area contributed by atoms with Crippen LogP contribution in [0.25, 0.3) is 0 Å². The number of carbonyl (C=O) groups excluding carboxylic acids is 3. The zero-order valence-electron chi connectivity index (χ0n) is 18.0. The molecule has 5 rings (SSSR count). The highest BCUT2D eigenvalue weighted by molar-refractivity contribution is 6.04. The third kappa shape index (κ3) is 3.95. The molecule has 0 spiro atoms. The first-order valence-electron chi connectivity index (χ1n) is 11.3. The number of hydrogen-bond acceptors (Lipinski definition) is 4. The first-order valence-corrected chi connectivity index (χ1v) is 11.3. The minimum Gasteiger partial charge on any atom is -0.493 e. The van der Waals surface area contributed by atoms with Gasteiger partial charge in [0, 0.05) is 43.3 Å². The molecule has 166 valence electrons. The number of nitrogens with one attached hydrogen (secondary N) is 1. The lowest BCUT2D eigenvalue weighted by Gasteiger charge is -2.37. The molecule has 1 N–H and O–H groups in total. The molecule has 2 atom stereocenters. The standard InChI is InChI=1S/C25H27N3O4/c29-23-14-17(16-28(23)19-6-2-1-3-7-19)24(30)26-18-9-10-22-21(15-18)25(31)27-12-5-4-8-20(27)11-13-32-22/h1-3,6-7,9-10,15,17,20H,4-5,8,11-14,16H2,(H,26,30)/t17-,20-/m0/s1. The van der Waals surface area contributed by atoms with Gasteiger partial charge in [-0.25, -0.2) is 0 Å². The minimum atomic E-state index is -0.442. The largest absolute Gasteiger partial charge is 0.493 e. The maximum Gasteiger partial charge on any atom is 0.257 e. The van der Waals surface area contributed by atoms with E-state index in [-0.39, 0.29) is 30.2 Å². The van der Waals surface area contributed by atoms with Gasteiger partial charge in [0.05, 0.1) is 18.1 Å². The van der Waals surface area contributed by atoms with Crippen molar-refractivity contribution in [2.24, 2.45) is 5.92 Å². The Kier molecular flexibility index (Phi) is 5.55. The van der Waals surface area contributed by atoms with Crippen molar-refractivity contribution >= 4 is 29.1 Å². The number of piperidine rings is 1. The van der Waals surface area contributed by atoms with E-state index in [4.69, 9.17) is 4.74 Å². The third-order valence-corrected chi connectivity index (χ3v) is 6.64. The van der Waals surface area contributed by atoms with E-state index in [2.05, 4.69) is 5.32 Å². The lowest BCUT2D eigenvalue weighted by atomic mass is 9.97. The van der Waals surface area contributed by atoms with Crippen molar-refractivity contribution in [3.63, 3.8) is 0 Å². The Morgan fingerprint density at radius 1 is 1.03 bits per heavy atom. The number of hydrogen-bond donors (Lipinski definition) is 1. The van der Waals surface area contributed by atoms with Gasteiger partial charge in [0.1, 0.15) is 5.75 Å². The molecule has 7 nitrogen and oxygen atoms in total. The van der Waals surface area contributed by atoms with Gasteiger partial charge in [-0.2, -0.15) is 0 Å². The summed E-state index contributed by atoms with van der Waals surface area (Å²) < 4.78 is 5.87. The highest BCUT2D eigenvalue weighted by Crippen LogP contribution is 2.32. The second kappa shape index (κ2) is 8.65. The quantitative estimate of drug-likeness (QED) is 0.804. The average Bonchev–Trinajstić information content (AvgIpc) is 3.21. The van der Waals surface area contributed by atoms with Crippen LogP contribution in [0.1, 0.15) is 42.5 Å². The van der Waals surface area contributed by atoms with Crippen LogP contribution in [0.3, 0.4) is 0 Å². The molecule has 0 bridgehead atoms. The molecule has 3 aliphatic rings. The van der Waals surface area contributed by atoms with Crippen LogP contribution in [0.15, 0.2) is 48.5 Å². The number of rotatable bonds is 3. The molecule has 2 aromatic carbocycles. The lowest BCUT2D eigenvalue weighted by molar-refractivity contribution is -0.122. The van der Waals surface area contributed by atoms with Gasteiger partial charge in [0.15, 0.2) is 0 Å². The Hall–Kier alpha value is -3.35. The second-order valence-corrected chi connectivity index (χ2v) is 8.73. The molecule has 32 heavy (non-hydrogen) atoms. The smallest absolute Gasteiger partial charge is 0.257 e. The van der Waals surface area contributed by atoms with E-state index < -0.39 is 5.92 Å². The van der Waals surface area contributed by atoms with E-state index in [0.29, 0.717) is 30.2 Å². The molecule has 2 saturated heterocycles. The van der Waals surface area contributed by atoms with Gasteiger partial charge in [-0.15, -0.1) is 0 Å². The summed E-state index contributed by atoms with van der Waals surface area (Å²) in [4.78, 5) is 42.2. The zero-order chi connectivity index (χ0) is 22.1. The number of carbonyl (C=O) groups is 3. The van der Waals surface area contributed by atoms with E-state index in [1.807, 2.05) is 35.2 Å². The molecule has 2 aromatic rings. The molecule has 3 amide bonds. The summed E-state index contributed by atoms with van der Waals surface area (Å²) in [6, 6.07) is 14.8. The topological polar surface area (TPSA) is 79.0 Å². The van der Waals surface area contributed by atoms with Crippen LogP contribution in [0.4, 0.5) is 11.4 Å². The van der Waals surface area contributed by atoms with Crippen molar-refractivity contribution in [2.75, 3.05) is 29.9 Å². The minimum absolute atomic E-state index is 0.0354. The van der Waals surface area contributed by atoms with Crippen molar-refractivity contribution in [3.8, 4) is 5.75 Å². The van der Waals surface area contributed by atoms with Gasteiger partial charge in [0.2, 0.25) is 11.8 Å². The highest BCUT2D eigenvalue weighted by atomic mass is 16.5. The lowest BCUT2D eigenvalue weighted by Crippen LogP contribution is -2.45. The molecule has 3 heterocycles. The molecule has 3 aliphatic heterocycles. The molecule has 7 heteroatoms. The molecule has 2 fully saturated rings. The van der Waals surface area contributed by atoms with Gasteiger partial charge in [-0.1, -0.05) is 18.2 Å². The molecule has 0 aromatic heterocycles. The number of ether oxygens (including phenoxy) is 1. The Bertz CT molecular complexity index is 1040. The number of para-hydroxylation sites is 1. The predicted molar refractivity (Wildman–Crippen MR) is 121 cm³/mol. The number of amides is 3. The fourth-order valence-electron chi connectivity index (χ4n) is 4.91. The summed E-state index contributed by atoms with van der Waals surface area (Å²) in [6.45, 7) is 1.68. The van der Waals surface area contributed by atoms with Crippen molar-refractivity contribution in [3.05, 3.63) is 54.1 Å². The van der Waals surface area contributed by atoms with Crippen molar-refractivity contribution in [2.45, 2.75) is 38.1 Å². The number of fused-ring (bicyclic) bond motifs is 2. The summed E-state index contributed by atoms with van der Waals surface area (Å²) in [5.41, 5.74) is 1.83. The fraction of sp³-hybridized carbons (Fsp3) is 0.400. The van der Waals surface area contributed by atoms with E-state index in [1.165, 1.54) is 0 Å². The van der Waals surface area contributed by atoms with Gasteiger partial charge in [0.25, 0.3) is 5.91 Å². The molecule has 0 unspecified atom stereocenters. The Labute approximate surface area is 187 Å². The highest BCUT2D eigenvalue weighted by Gasteiger charge is 2.35. The van der Waals surface area contributed by atoms with Crippen molar-refractivity contribution < 1.29 is 19.1 Å². The monoisotopic (exact) mass is 433 g/mol. The van der Waals surface area contributed by atoms with E-state index in [0.717, 1.165) is 37.9 Å². The summed E-state index contributed by atoms with van der Waals surface area (Å²) >= 11 is 0. The number of anilines is 2. The maximum absolute atomic E-state index is 13.2. The molecule has 0 aliphatic carbocycles. The van der Waals surface area contributed by atoms with E-state index in [9.17, 15) is 14.4 Å². The van der Waals surface area contributed by atoms with Crippen LogP contribution < -0.4 is 15.0 Å². The van der Waals surface area contributed by atoms with Crippen LogP contribution in [-0.4, -0.2) is 48.4 Å². The van der Waals surface area contributed by atoms with Gasteiger partial charge < -0.3 is 19.9 Å². The van der Waals surface area contributed by atoms with Crippen LogP contribution in [0.5, 0.6) is 5.75 Å².